The van der Waals surface area contributed by atoms with Gasteiger partial charge < -0.3 is 19.3 Å². The van der Waals surface area contributed by atoms with Gasteiger partial charge in [0.2, 0.25) is 0 Å². The Morgan fingerprint density at radius 2 is 1.63 bits per heavy atom. The summed E-state index contributed by atoms with van der Waals surface area (Å²) in [6.07, 6.45) is -0.206. The smallest absolute Gasteiger partial charge is 0.307 e. The molecule has 0 unspecified atom stereocenters. The molecule has 0 saturated carbocycles. The monoisotopic (exact) mass is 414 g/mol. The lowest BCUT2D eigenvalue weighted by atomic mass is 10.0. The van der Waals surface area contributed by atoms with Crippen LogP contribution in [-0.2, 0) is 11.2 Å². The van der Waals surface area contributed by atoms with E-state index in [9.17, 15) is 9.59 Å². The fourth-order valence-corrected chi connectivity index (χ4v) is 2.73. The molecule has 0 radical (unpaired) electrons. The molecule has 0 aliphatic carbocycles. The van der Waals surface area contributed by atoms with Crippen molar-refractivity contribution < 1.29 is 28.9 Å². The van der Waals surface area contributed by atoms with E-state index in [1.165, 1.54) is 14.2 Å². The van der Waals surface area contributed by atoms with Gasteiger partial charge >= 0.3 is 5.97 Å². The predicted molar refractivity (Wildman–Crippen MR) is 113 cm³/mol. The van der Waals surface area contributed by atoms with E-state index in [0.29, 0.717) is 39.7 Å². The summed E-state index contributed by atoms with van der Waals surface area (Å²) in [6.45, 7) is 5.52. The van der Waals surface area contributed by atoms with Gasteiger partial charge in [0.1, 0.15) is 5.75 Å². The maximum absolute atomic E-state index is 12.5. The molecule has 1 amide bonds. The highest BCUT2D eigenvalue weighted by molar-refractivity contribution is 6.01. The van der Waals surface area contributed by atoms with Crippen molar-refractivity contribution in [2.45, 2.75) is 33.3 Å². The molecule has 160 valence electrons. The summed E-state index contributed by atoms with van der Waals surface area (Å²) in [5.74, 6) is 0.0995. The van der Waals surface area contributed by atoms with Crippen molar-refractivity contribution in [3.8, 4) is 17.2 Å². The number of methoxy groups -OCH3 is 2. The van der Waals surface area contributed by atoms with Crippen LogP contribution in [0.15, 0.2) is 41.5 Å². The van der Waals surface area contributed by atoms with Crippen molar-refractivity contribution in [3.05, 3.63) is 53.1 Å². The van der Waals surface area contributed by atoms with Crippen LogP contribution in [0, 0.1) is 0 Å². The van der Waals surface area contributed by atoms with Gasteiger partial charge in [-0.1, -0.05) is 0 Å². The van der Waals surface area contributed by atoms with Crippen LogP contribution in [0.1, 0.15) is 42.3 Å². The largest absolute Gasteiger partial charge is 0.496 e. The van der Waals surface area contributed by atoms with Crippen LogP contribution in [0.2, 0.25) is 0 Å². The second kappa shape index (κ2) is 10.3. The lowest BCUT2D eigenvalue weighted by molar-refractivity contribution is -0.136. The Hall–Kier alpha value is -3.55. The highest BCUT2D eigenvalue weighted by atomic mass is 16.5. The molecule has 2 N–H and O–H groups in total. The number of carbonyl (C=O) groups is 2. The number of carboxylic acid groups (broad SMARTS) is 1. The van der Waals surface area contributed by atoms with Crippen molar-refractivity contribution in [2.75, 3.05) is 14.2 Å². The van der Waals surface area contributed by atoms with Gasteiger partial charge in [0.25, 0.3) is 5.91 Å². The summed E-state index contributed by atoms with van der Waals surface area (Å²) in [6, 6.07) is 9.98. The van der Waals surface area contributed by atoms with E-state index < -0.39 is 11.9 Å². The van der Waals surface area contributed by atoms with Gasteiger partial charge in [0.05, 0.1) is 32.5 Å². The molecule has 0 aliphatic rings. The van der Waals surface area contributed by atoms with Crippen molar-refractivity contribution >= 4 is 17.6 Å². The van der Waals surface area contributed by atoms with Crippen molar-refractivity contribution in [3.63, 3.8) is 0 Å². The minimum atomic E-state index is -0.966. The average molecular weight is 414 g/mol. The highest BCUT2D eigenvalue weighted by Gasteiger charge is 2.13. The van der Waals surface area contributed by atoms with E-state index in [0.717, 1.165) is 0 Å². The summed E-state index contributed by atoms with van der Waals surface area (Å²) in [4.78, 5) is 23.5. The van der Waals surface area contributed by atoms with Crippen LogP contribution in [0.25, 0.3) is 0 Å². The molecule has 0 heterocycles. The molecule has 8 heteroatoms. The van der Waals surface area contributed by atoms with Gasteiger partial charge in [-0.15, -0.1) is 0 Å². The van der Waals surface area contributed by atoms with Crippen molar-refractivity contribution in [1.29, 1.82) is 0 Å². The lowest BCUT2D eigenvalue weighted by Crippen LogP contribution is -2.19. The number of amides is 1. The number of carbonyl (C=O) groups excluding carboxylic acids is 1. The molecule has 0 saturated heterocycles. The Morgan fingerprint density at radius 1 is 1.00 bits per heavy atom. The van der Waals surface area contributed by atoms with Crippen LogP contribution in [0.4, 0.5) is 0 Å². The van der Waals surface area contributed by atoms with Gasteiger partial charge in [0.15, 0.2) is 11.5 Å². The Labute approximate surface area is 175 Å². The zero-order valence-corrected chi connectivity index (χ0v) is 17.7. The van der Waals surface area contributed by atoms with Crippen LogP contribution >= 0.6 is 0 Å². The van der Waals surface area contributed by atoms with Crippen molar-refractivity contribution in [2.24, 2.45) is 5.10 Å². The standard InChI is InChI=1S/C22H26N2O6/c1-13(2)30-19-9-7-16(11-20(19)29-5)22(27)24-23-14(3)15-6-8-18(28-4)17(10-15)12-21(25)26/h6-11,13H,12H2,1-5H3,(H,24,27)(H,25,26)/b23-14-. The fourth-order valence-electron chi connectivity index (χ4n) is 2.73. The quantitative estimate of drug-likeness (QED) is 0.482. The summed E-state index contributed by atoms with van der Waals surface area (Å²) in [5, 5.41) is 13.2. The third kappa shape index (κ3) is 5.97. The van der Waals surface area contributed by atoms with E-state index in [-0.39, 0.29) is 12.5 Å². The Morgan fingerprint density at radius 3 is 2.23 bits per heavy atom. The number of hydrazone groups is 1. The predicted octanol–water partition coefficient (Wildman–Crippen LogP) is 3.27. The number of nitrogens with zero attached hydrogens (tertiary/aromatic N) is 1. The summed E-state index contributed by atoms with van der Waals surface area (Å²) in [5.41, 5.74) is 4.58. The maximum atomic E-state index is 12.5. The summed E-state index contributed by atoms with van der Waals surface area (Å²) < 4.78 is 16.1. The number of rotatable bonds is 9. The van der Waals surface area contributed by atoms with Crippen LogP contribution in [0.3, 0.4) is 0 Å². The number of benzene rings is 2. The molecule has 2 aromatic carbocycles. The van der Waals surface area contributed by atoms with Crippen LogP contribution in [-0.4, -0.2) is 43.0 Å². The number of ether oxygens (including phenoxy) is 3. The normalized spacial score (nSPS) is 11.2. The minimum absolute atomic E-state index is 0.0265. The van der Waals surface area contributed by atoms with Crippen LogP contribution in [0.5, 0.6) is 17.2 Å². The maximum Gasteiger partial charge on any atom is 0.307 e. The van der Waals surface area contributed by atoms with Gasteiger partial charge in [-0.05, 0) is 62.7 Å². The topological polar surface area (TPSA) is 106 Å². The minimum Gasteiger partial charge on any atom is -0.496 e. The lowest BCUT2D eigenvalue weighted by Gasteiger charge is -2.14. The first kappa shape index (κ1) is 22.7. The van der Waals surface area contributed by atoms with E-state index in [2.05, 4.69) is 10.5 Å². The first-order chi connectivity index (χ1) is 14.2. The number of nitrogens with one attached hydrogen (secondary N) is 1. The molecule has 0 atom stereocenters. The summed E-state index contributed by atoms with van der Waals surface area (Å²) in [7, 11) is 2.98. The van der Waals surface area contributed by atoms with E-state index in [1.807, 2.05) is 13.8 Å². The molecule has 30 heavy (non-hydrogen) atoms. The van der Waals surface area contributed by atoms with E-state index in [4.69, 9.17) is 19.3 Å². The Kier molecular flexibility index (Phi) is 7.80. The second-order valence-electron chi connectivity index (χ2n) is 6.77. The first-order valence-electron chi connectivity index (χ1n) is 9.33. The second-order valence-corrected chi connectivity index (χ2v) is 6.77. The highest BCUT2D eigenvalue weighted by Crippen LogP contribution is 2.29. The number of hydrogen-bond donors (Lipinski definition) is 2. The SMILES string of the molecule is COc1ccc(/C(C)=N\NC(=O)c2ccc(OC(C)C)c(OC)c2)cc1CC(=O)O. The Balaban J connectivity index is 2.18. The third-order valence-corrected chi connectivity index (χ3v) is 4.15. The number of aliphatic carboxylic acids is 1. The van der Waals surface area contributed by atoms with Crippen LogP contribution < -0.4 is 19.6 Å². The van der Waals surface area contributed by atoms with Gasteiger partial charge in [-0.25, -0.2) is 5.43 Å². The molecule has 0 spiro atoms. The fraction of sp³-hybridized carbons (Fsp3) is 0.318. The number of carboxylic acids is 1. The third-order valence-electron chi connectivity index (χ3n) is 4.15. The molecule has 0 bridgehead atoms. The van der Waals surface area contributed by atoms with E-state index in [1.54, 1.807) is 43.3 Å². The number of hydrogen-bond acceptors (Lipinski definition) is 6. The Bertz CT molecular complexity index is 953. The molecule has 0 aromatic heterocycles. The van der Waals surface area contributed by atoms with Crippen molar-refractivity contribution in [1.82, 2.24) is 5.43 Å². The zero-order chi connectivity index (χ0) is 22.3. The van der Waals surface area contributed by atoms with Gasteiger partial charge in [-0.3, -0.25) is 9.59 Å². The molecular formula is C22H26N2O6. The zero-order valence-electron chi connectivity index (χ0n) is 17.7. The van der Waals surface area contributed by atoms with E-state index >= 15 is 0 Å². The summed E-state index contributed by atoms with van der Waals surface area (Å²) >= 11 is 0. The van der Waals surface area contributed by atoms with Gasteiger partial charge in [0, 0.05) is 11.1 Å². The molecule has 2 rings (SSSR count). The molecule has 0 aliphatic heterocycles. The first-order valence-corrected chi connectivity index (χ1v) is 9.33. The molecule has 0 fully saturated rings. The average Bonchev–Trinajstić information content (AvgIpc) is 2.71. The molecular weight excluding hydrogens is 388 g/mol. The molecule has 2 aromatic rings. The van der Waals surface area contributed by atoms with Gasteiger partial charge in [-0.2, -0.15) is 5.10 Å². The molecule has 8 nitrogen and oxygen atoms in total.